The first-order chi connectivity index (χ1) is 7.99. The molecular weight excluding hydrogens is 242 g/mol. The number of aromatic nitrogens is 1. The molecule has 0 radical (unpaired) electrons. The number of carbonyl (C=O) groups is 2. The Hall–Kier alpha value is -1.63. The average molecular weight is 257 g/mol. The van der Waals surface area contributed by atoms with Crippen LogP contribution in [0, 0.1) is 6.92 Å². The molecule has 0 saturated carbocycles. The highest BCUT2D eigenvalue weighted by molar-refractivity contribution is 7.09. The lowest BCUT2D eigenvalue weighted by molar-refractivity contribution is -0.136. The SMILES string of the molecule is Cc1nc(CN(C)C(=O)NCCC(=O)O)cs1. The van der Waals surface area contributed by atoms with Crippen LogP contribution in [0.4, 0.5) is 4.79 Å². The van der Waals surface area contributed by atoms with Crippen LogP contribution >= 0.6 is 11.3 Å². The van der Waals surface area contributed by atoms with Crippen LogP contribution in [0.5, 0.6) is 0 Å². The maximum Gasteiger partial charge on any atom is 0.317 e. The molecule has 7 heteroatoms. The molecule has 0 unspecified atom stereocenters. The summed E-state index contributed by atoms with van der Waals surface area (Å²) >= 11 is 1.53. The number of hydrogen-bond acceptors (Lipinski definition) is 4. The molecule has 1 heterocycles. The van der Waals surface area contributed by atoms with Gasteiger partial charge in [0.15, 0.2) is 0 Å². The van der Waals surface area contributed by atoms with Crippen LogP contribution in [0.25, 0.3) is 0 Å². The van der Waals surface area contributed by atoms with Gasteiger partial charge in [-0.25, -0.2) is 9.78 Å². The lowest BCUT2D eigenvalue weighted by Crippen LogP contribution is -2.37. The van der Waals surface area contributed by atoms with E-state index in [1.54, 1.807) is 7.05 Å². The smallest absolute Gasteiger partial charge is 0.317 e. The molecule has 0 aromatic carbocycles. The molecule has 1 aromatic rings. The van der Waals surface area contributed by atoms with Crippen LogP contribution < -0.4 is 5.32 Å². The van der Waals surface area contributed by atoms with Crippen molar-refractivity contribution >= 4 is 23.3 Å². The normalized spacial score (nSPS) is 10.0. The van der Waals surface area contributed by atoms with Gasteiger partial charge in [0.1, 0.15) is 0 Å². The number of carboxylic acid groups (broad SMARTS) is 1. The highest BCUT2D eigenvalue weighted by Crippen LogP contribution is 2.09. The summed E-state index contributed by atoms with van der Waals surface area (Å²) in [5, 5.41) is 13.8. The minimum absolute atomic E-state index is 0.0740. The number of carboxylic acids is 1. The van der Waals surface area contributed by atoms with E-state index in [1.165, 1.54) is 16.2 Å². The molecule has 2 N–H and O–H groups in total. The Morgan fingerprint density at radius 1 is 1.59 bits per heavy atom. The van der Waals surface area contributed by atoms with Crippen molar-refractivity contribution in [2.75, 3.05) is 13.6 Å². The molecule has 6 nitrogen and oxygen atoms in total. The largest absolute Gasteiger partial charge is 0.481 e. The van der Waals surface area contributed by atoms with Crippen LogP contribution in [0.3, 0.4) is 0 Å². The third kappa shape index (κ3) is 4.81. The number of aliphatic carboxylic acids is 1. The van der Waals surface area contributed by atoms with Crippen molar-refractivity contribution in [3.63, 3.8) is 0 Å². The Kier molecular flexibility index (Phi) is 4.89. The maximum atomic E-state index is 11.5. The summed E-state index contributed by atoms with van der Waals surface area (Å²) < 4.78 is 0. The summed E-state index contributed by atoms with van der Waals surface area (Å²) in [6.45, 7) is 2.46. The second kappa shape index (κ2) is 6.19. The number of rotatable bonds is 5. The van der Waals surface area contributed by atoms with Crippen molar-refractivity contribution < 1.29 is 14.7 Å². The fraction of sp³-hybridized carbons (Fsp3) is 0.500. The van der Waals surface area contributed by atoms with Crippen molar-refractivity contribution in [3.05, 3.63) is 16.1 Å². The van der Waals surface area contributed by atoms with E-state index in [-0.39, 0.29) is 19.0 Å². The minimum Gasteiger partial charge on any atom is -0.481 e. The van der Waals surface area contributed by atoms with Crippen LogP contribution in [0.1, 0.15) is 17.1 Å². The van der Waals surface area contributed by atoms with E-state index in [0.717, 1.165) is 10.7 Å². The second-order valence-corrected chi connectivity index (χ2v) is 4.65. The van der Waals surface area contributed by atoms with E-state index in [9.17, 15) is 9.59 Å². The summed E-state index contributed by atoms with van der Waals surface area (Å²) in [5.41, 5.74) is 0.836. The summed E-state index contributed by atoms with van der Waals surface area (Å²) in [4.78, 5) is 27.5. The van der Waals surface area contributed by atoms with E-state index in [2.05, 4.69) is 10.3 Å². The zero-order valence-corrected chi connectivity index (χ0v) is 10.6. The standard InChI is InChI=1S/C10H15N3O3S/c1-7-12-8(6-17-7)5-13(2)10(16)11-4-3-9(14)15/h6H,3-5H2,1-2H3,(H,11,16)(H,14,15). The lowest BCUT2D eigenvalue weighted by atomic mass is 10.4. The fourth-order valence-electron chi connectivity index (χ4n) is 1.21. The number of nitrogens with one attached hydrogen (secondary N) is 1. The van der Waals surface area contributed by atoms with Crippen LogP contribution in [0.2, 0.25) is 0 Å². The van der Waals surface area contributed by atoms with Gasteiger partial charge in [0.05, 0.1) is 23.7 Å². The van der Waals surface area contributed by atoms with E-state index in [4.69, 9.17) is 5.11 Å². The number of aryl methyl sites for hydroxylation is 1. The van der Waals surface area contributed by atoms with Crippen molar-refractivity contribution in [1.82, 2.24) is 15.2 Å². The summed E-state index contributed by atoms with van der Waals surface area (Å²) in [7, 11) is 1.64. The van der Waals surface area contributed by atoms with E-state index in [0.29, 0.717) is 6.54 Å². The predicted octanol–water partition coefficient (Wildman–Crippen LogP) is 1.07. The van der Waals surface area contributed by atoms with Crippen molar-refractivity contribution in [1.29, 1.82) is 0 Å². The molecule has 0 aliphatic rings. The summed E-state index contributed by atoms with van der Waals surface area (Å²) in [5.74, 6) is -0.928. The molecule has 0 bridgehead atoms. The van der Waals surface area contributed by atoms with E-state index >= 15 is 0 Å². The van der Waals surface area contributed by atoms with Gasteiger partial charge in [-0.1, -0.05) is 0 Å². The number of nitrogens with zero attached hydrogens (tertiary/aromatic N) is 2. The van der Waals surface area contributed by atoms with Crippen molar-refractivity contribution in [2.24, 2.45) is 0 Å². The second-order valence-electron chi connectivity index (χ2n) is 3.59. The molecule has 0 saturated heterocycles. The lowest BCUT2D eigenvalue weighted by Gasteiger charge is -2.16. The van der Waals surface area contributed by atoms with Gasteiger partial charge < -0.3 is 15.3 Å². The molecule has 0 spiro atoms. The third-order valence-electron chi connectivity index (χ3n) is 2.03. The predicted molar refractivity (Wildman–Crippen MR) is 64.0 cm³/mol. The highest BCUT2D eigenvalue weighted by Gasteiger charge is 2.10. The van der Waals surface area contributed by atoms with Crippen LogP contribution in [-0.2, 0) is 11.3 Å². The molecule has 0 fully saturated rings. The summed E-state index contributed by atoms with van der Waals surface area (Å²) in [6, 6.07) is -0.295. The molecule has 1 rings (SSSR count). The molecule has 1 aromatic heterocycles. The molecule has 94 valence electrons. The van der Waals surface area contributed by atoms with E-state index < -0.39 is 5.97 Å². The zero-order chi connectivity index (χ0) is 12.8. The first kappa shape index (κ1) is 13.4. The van der Waals surface area contributed by atoms with Crippen molar-refractivity contribution in [2.45, 2.75) is 19.9 Å². The Morgan fingerprint density at radius 3 is 2.82 bits per heavy atom. The minimum atomic E-state index is -0.928. The number of amides is 2. The molecule has 0 aliphatic heterocycles. The maximum absolute atomic E-state index is 11.5. The Bertz CT molecular complexity index is 405. The third-order valence-corrected chi connectivity index (χ3v) is 2.85. The first-order valence-electron chi connectivity index (χ1n) is 5.11. The topological polar surface area (TPSA) is 82.5 Å². The van der Waals surface area contributed by atoms with Gasteiger partial charge in [-0.15, -0.1) is 11.3 Å². The van der Waals surface area contributed by atoms with Gasteiger partial charge in [-0.3, -0.25) is 4.79 Å². The number of thiazole rings is 1. The average Bonchev–Trinajstić information content (AvgIpc) is 2.63. The van der Waals surface area contributed by atoms with Gasteiger partial charge in [0, 0.05) is 19.0 Å². The number of urea groups is 1. The monoisotopic (exact) mass is 257 g/mol. The molecule has 0 aliphatic carbocycles. The fourth-order valence-corrected chi connectivity index (χ4v) is 1.81. The quantitative estimate of drug-likeness (QED) is 0.826. The van der Waals surface area contributed by atoms with Gasteiger partial charge in [-0.05, 0) is 6.92 Å². The summed E-state index contributed by atoms with van der Waals surface area (Å²) in [6.07, 6.45) is -0.0740. The van der Waals surface area contributed by atoms with Gasteiger partial charge in [-0.2, -0.15) is 0 Å². The van der Waals surface area contributed by atoms with Crippen LogP contribution in [-0.4, -0.2) is 40.6 Å². The molecule has 17 heavy (non-hydrogen) atoms. The number of carbonyl (C=O) groups excluding carboxylic acids is 1. The molecule has 0 atom stereocenters. The molecule has 2 amide bonds. The Balaban J connectivity index is 2.34. The van der Waals surface area contributed by atoms with Gasteiger partial charge in [0.2, 0.25) is 0 Å². The highest BCUT2D eigenvalue weighted by atomic mass is 32.1. The first-order valence-corrected chi connectivity index (χ1v) is 5.98. The Morgan fingerprint density at radius 2 is 2.29 bits per heavy atom. The van der Waals surface area contributed by atoms with E-state index in [1.807, 2.05) is 12.3 Å². The van der Waals surface area contributed by atoms with Crippen LogP contribution in [0.15, 0.2) is 5.38 Å². The Labute approximate surface area is 103 Å². The zero-order valence-electron chi connectivity index (χ0n) is 9.77. The number of hydrogen-bond donors (Lipinski definition) is 2. The van der Waals surface area contributed by atoms with Crippen molar-refractivity contribution in [3.8, 4) is 0 Å². The van der Waals surface area contributed by atoms with Gasteiger partial charge in [0.25, 0.3) is 0 Å². The van der Waals surface area contributed by atoms with Gasteiger partial charge >= 0.3 is 12.0 Å². The molecular formula is C10H15N3O3S.